The smallest absolute Gasteiger partial charge is 0.124 e. The van der Waals surface area contributed by atoms with Crippen LogP contribution < -0.4 is 10.1 Å². The summed E-state index contributed by atoms with van der Waals surface area (Å²) in [6.45, 7) is 3.34. The molecule has 0 bridgehead atoms. The van der Waals surface area contributed by atoms with E-state index in [4.69, 9.17) is 9.47 Å². The number of halogens is 1. The maximum Gasteiger partial charge on any atom is 0.124 e. The molecule has 0 aliphatic rings. The third-order valence-corrected chi connectivity index (χ3v) is 2.87. The van der Waals surface area contributed by atoms with Crippen molar-refractivity contribution >= 4 is 0 Å². The summed E-state index contributed by atoms with van der Waals surface area (Å²) in [6, 6.07) is 4.70. The van der Waals surface area contributed by atoms with Crippen molar-refractivity contribution in [2.24, 2.45) is 0 Å². The molecule has 0 aromatic heterocycles. The molecule has 18 heavy (non-hydrogen) atoms. The van der Waals surface area contributed by atoms with Gasteiger partial charge < -0.3 is 14.8 Å². The normalized spacial score (nSPS) is 12.4. The van der Waals surface area contributed by atoms with Crippen molar-refractivity contribution in [3.63, 3.8) is 0 Å². The van der Waals surface area contributed by atoms with Gasteiger partial charge in [0.2, 0.25) is 0 Å². The third kappa shape index (κ3) is 4.63. The highest BCUT2D eigenvalue weighted by Gasteiger charge is 2.11. The largest absolute Gasteiger partial charge is 0.493 e. The summed E-state index contributed by atoms with van der Waals surface area (Å²) in [4.78, 5) is 0. The summed E-state index contributed by atoms with van der Waals surface area (Å²) < 4.78 is 23.9. The van der Waals surface area contributed by atoms with Gasteiger partial charge in [-0.05, 0) is 45.0 Å². The number of hydrogen-bond donors (Lipinski definition) is 1. The van der Waals surface area contributed by atoms with Crippen LogP contribution in [0, 0.1) is 5.82 Å². The first-order valence-electron chi connectivity index (χ1n) is 6.27. The van der Waals surface area contributed by atoms with Crippen LogP contribution >= 0.6 is 0 Å². The van der Waals surface area contributed by atoms with E-state index >= 15 is 0 Å². The van der Waals surface area contributed by atoms with Gasteiger partial charge in [0, 0.05) is 25.3 Å². The summed E-state index contributed by atoms with van der Waals surface area (Å²) >= 11 is 0. The lowest BCUT2D eigenvalue weighted by molar-refractivity contribution is 0.184. The van der Waals surface area contributed by atoms with E-state index in [1.165, 1.54) is 12.1 Å². The number of nitrogens with one attached hydrogen (secondary N) is 1. The molecule has 102 valence electrons. The highest BCUT2D eigenvalue weighted by Crippen LogP contribution is 2.26. The summed E-state index contributed by atoms with van der Waals surface area (Å²) in [5.41, 5.74) is 0.851. The fourth-order valence-corrected chi connectivity index (χ4v) is 1.68. The molecule has 0 heterocycles. The Morgan fingerprint density at radius 3 is 2.67 bits per heavy atom. The van der Waals surface area contributed by atoms with Gasteiger partial charge in [-0.25, -0.2) is 4.39 Å². The van der Waals surface area contributed by atoms with Crippen LogP contribution in [0.2, 0.25) is 0 Å². The lowest BCUT2D eigenvalue weighted by Crippen LogP contribution is -2.14. The molecular weight excluding hydrogens is 233 g/mol. The van der Waals surface area contributed by atoms with Crippen LogP contribution in [0.5, 0.6) is 5.75 Å². The molecule has 1 rings (SSSR count). The Hall–Kier alpha value is -1.13. The first-order valence-corrected chi connectivity index (χ1v) is 6.27. The Balaban J connectivity index is 2.58. The fraction of sp³-hybridized carbons (Fsp3) is 0.571. The Bertz CT molecular complexity index is 358. The predicted octanol–water partition coefficient (Wildman–Crippen LogP) is 2.91. The molecule has 0 aliphatic carbocycles. The molecule has 0 saturated heterocycles. The van der Waals surface area contributed by atoms with E-state index in [0.717, 1.165) is 30.8 Å². The van der Waals surface area contributed by atoms with E-state index in [1.54, 1.807) is 13.2 Å². The summed E-state index contributed by atoms with van der Waals surface area (Å²) in [6.07, 6.45) is 1.90. The average molecular weight is 255 g/mol. The van der Waals surface area contributed by atoms with Gasteiger partial charge in [-0.15, -0.1) is 0 Å². The lowest BCUT2D eigenvalue weighted by atomic mass is 10.1. The van der Waals surface area contributed by atoms with Crippen molar-refractivity contribution in [2.75, 3.05) is 27.4 Å². The molecule has 1 aromatic rings. The summed E-state index contributed by atoms with van der Waals surface area (Å²) in [7, 11) is 3.53. The van der Waals surface area contributed by atoms with Crippen LogP contribution in [-0.4, -0.2) is 27.4 Å². The Morgan fingerprint density at radius 2 is 2.00 bits per heavy atom. The van der Waals surface area contributed by atoms with Gasteiger partial charge in [0.1, 0.15) is 11.6 Å². The molecule has 1 N–H and O–H groups in total. The number of hydrogen-bond acceptors (Lipinski definition) is 3. The van der Waals surface area contributed by atoms with Gasteiger partial charge in [-0.1, -0.05) is 0 Å². The summed E-state index contributed by atoms with van der Waals surface area (Å²) in [5.74, 6) is 0.509. The number of rotatable bonds is 8. The number of unbranched alkanes of at least 4 members (excludes halogenated alkanes) is 1. The van der Waals surface area contributed by atoms with Crippen LogP contribution in [0.15, 0.2) is 18.2 Å². The first-order chi connectivity index (χ1) is 8.69. The average Bonchev–Trinajstić information content (AvgIpc) is 2.39. The fourth-order valence-electron chi connectivity index (χ4n) is 1.68. The highest BCUT2D eigenvalue weighted by atomic mass is 19.1. The van der Waals surface area contributed by atoms with E-state index in [0.29, 0.717) is 6.61 Å². The molecule has 1 atom stereocenters. The second kappa shape index (κ2) is 8.06. The Labute approximate surface area is 108 Å². The molecule has 4 heteroatoms. The van der Waals surface area contributed by atoms with Crippen molar-refractivity contribution in [3.8, 4) is 5.75 Å². The molecule has 0 aliphatic heterocycles. The second-order valence-corrected chi connectivity index (χ2v) is 4.24. The van der Waals surface area contributed by atoms with E-state index in [9.17, 15) is 4.39 Å². The van der Waals surface area contributed by atoms with Crippen LogP contribution in [0.1, 0.15) is 31.4 Å². The van der Waals surface area contributed by atoms with Crippen LogP contribution in [0.3, 0.4) is 0 Å². The number of ether oxygens (including phenoxy) is 2. The van der Waals surface area contributed by atoms with Gasteiger partial charge in [0.05, 0.1) is 6.61 Å². The van der Waals surface area contributed by atoms with E-state index in [2.05, 4.69) is 5.32 Å². The predicted molar refractivity (Wildman–Crippen MR) is 70.5 cm³/mol. The zero-order valence-electron chi connectivity index (χ0n) is 11.3. The topological polar surface area (TPSA) is 30.5 Å². The molecule has 0 spiro atoms. The highest BCUT2D eigenvalue weighted by molar-refractivity contribution is 5.36. The van der Waals surface area contributed by atoms with Crippen molar-refractivity contribution in [2.45, 2.75) is 25.8 Å². The van der Waals surface area contributed by atoms with E-state index in [-0.39, 0.29) is 11.9 Å². The van der Waals surface area contributed by atoms with Gasteiger partial charge in [0.15, 0.2) is 0 Å². The third-order valence-electron chi connectivity index (χ3n) is 2.87. The first kappa shape index (κ1) is 14.9. The van der Waals surface area contributed by atoms with Crippen molar-refractivity contribution in [3.05, 3.63) is 29.6 Å². The van der Waals surface area contributed by atoms with Crippen molar-refractivity contribution in [1.82, 2.24) is 5.32 Å². The van der Waals surface area contributed by atoms with Gasteiger partial charge in [-0.2, -0.15) is 0 Å². The molecule has 0 amide bonds. The minimum atomic E-state index is -0.237. The standard InChI is InChI=1S/C14H22FNO2/c1-11(16-2)13-10-12(15)6-7-14(13)18-9-5-4-8-17-3/h6-7,10-11,16H,4-5,8-9H2,1-3H3. The number of benzene rings is 1. The maximum absolute atomic E-state index is 13.2. The van der Waals surface area contributed by atoms with E-state index in [1.807, 2.05) is 14.0 Å². The molecule has 3 nitrogen and oxygen atoms in total. The molecule has 0 radical (unpaired) electrons. The van der Waals surface area contributed by atoms with Crippen molar-refractivity contribution in [1.29, 1.82) is 0 Å². The molecule has 0 saturated carbocycles. The maximum atomic E-state index is 13.2. The van der Waals surface area contributed by atoms with Crippen LogP contribution in [0.4, 0.5) is 4.39 Å². The monoisotopic (exact) mass is 255 g/mol. The number of methoxy groups -OCH3 is 1. The van der Waals surface area contributed by atoms with Gasteiger partial charge in [-0.3, -0.25) is 0 Å². The second-order valence-electron chi connectivity index (χ2n) is 4.24. The van der Waals surface area contributed by atoms with Crippen LogP contribution in [0.25, 0.3) is 0 Å². The minimum absolute atomic E-state index is 0.0645. The molecular formula is C14H22FNO2. The zero-order valence-corrected chi connectivity index (χ0v) is 11.3. The SMILES string of the molecule is CNC(C)c1cc(F)ccc1OCCCCOC. The molecule has 0 fully saturated rings. The zero-order chi connectivity index (χ0) is 13.4. The molecule has 1 unspecified atom stereocenters. The summed E-state index contributed by atoms with van der Waals surface area (Å²) in [5, 5.41) is 3.09. The van der Waals surface area contributed by atoms with Crippen molar-refractivity contribution < 1.29 is 13.9 Å². The lowest BCUT2D eigenvalue weighted by Gasteiger charge is -2.16. The minimum Gasteiger partial charge on any atom is -0.493 e. The Morgan fingerprint density at radius 1 is 1.28 bits per heavy atom. The van der Waals surface area contributed by atoms with E-state index < -0.39 is 0 Å². The molecule has 1 aromatic carbocycles. The van der Waals surface area contributed by atoms with Gasteiger partial charge >= 0.3 is 0 Å². The quantitative estimate of drug-likeness (QED) is 0.724. The Kier molecular flexibility index (Phi) is 6.68. The van der Waals surface area contributed by atoms with Crippen LogP contribution in [-0.2, 0) is 4.74 Å². The van der Waals surface area contributed by atoms with Gasteiger partial charge in [0.25, 0.3) is 0 Å².